The summed E-state index contributed by atoms with van der Waals surface area (Å²) in [6, 6.07) is 7.04. The van der Waals surface area contributed by atoms with Crippen LogP contribution < -0.4 is 4.74 Å². The summed E-state index contributed by atoms with van der Waals surface area (Å²) in [7, 11) is 0. The smallest absolute Gasteiger partial charge is 0.290 e. The minimum absolute atomic E-state index is 0.0578. The first-order valence-electron chi connectivity index (χ1n) is 9.98. The monoisotopic (exact) mass is 371 g/mol. The van der Waals surface area contributed by atoms with Crippen molar-refractivity contribution in [1.82, 2.24) is 4.90 Å². The van der Waals surface area contributed by atoms with Gasteiger partial charge in [0.15, 0.2) is 11.5 Å². The average Bonchev–Trinajstić information content (AvgIpc) is 2.94. The minimum atomic E-state index is -0.522. The third-order valence-electron chi connectivity index (χ3n) is 5.51. The van der Waals surface area contributed by atoms with Gasteiger partial charge >= 0.3 is 0 Å². The SMILES string of the molecule is CCOc1ccc(C2C(C(=O)C(C)C)=C(O)C(=O)N2C2CCCCC2)cc1. The van der Waals surface area contributed by atoms with Crippen LogP contribution in [0.1, 0.15) is 64.5 Å². The van der Waals surface area contributed by atoms with Crippen LogP contribution in [0.25, 0.3) is 0 Å². The molecular weight excluding hydrogens is 342 g/mol. The van der Waals surface area contributed by atoms with E-state index in [0.717, 1.165) is 37.0 Å². The molecule has 0 radical (unpaired) electrons. The van der Waals surface area contributed by atoms with E-state index < -0.39 is 11.9 Å². The maximum Gasteiger partial charge on any atom is 0.290 e. The molecule has 1 amide bonds. The molecule has 1 unspecified atom stereocenters. The largest absolute Gasteiger partial charge is 0.503 e. The number of hydrogen-bond donors (Lipinski definition) is 1. The van der Waals surface area contributed by atoms with Crippen LogP contribution >= 0.6 is 0 Å². The number of rotatable bonds is 6. The lowest BCUT2D eigenvalue weighted by Crippen LogP contribution is -2.41. The molecule has 1 heterocycles. The number of benzene rings is 1. The molecule has 0 spiro atoms. The summed E-state index contributed by atoms with van der Waals surface area (Å²) in [5, 5.41) is 10.6. The normalized spacial score (nSPS) is 21.3. The highest BCUT2D eigenvalue weighted by Crippen LogP contribution is 2.43. The van der Waals surface area contributed by atoms with E-state index in [1.165, 1.54) is 6.42 Å². The first kappa shape index (κ1) is 19.5. The summed E-state index contributed by atoms with van der Waals surface area (Å²) in [4.78, 5) is 27.5. The number of nitrogens with zero attached hydrogens (tertiary/aromatic N) is 1. The Labute approximate surface area is 161 Å². The average molecular weight is 371 g/mol. The molecule has 3 rings (SSSR count). The Morgan fingerprint density at radius 3 is 2.37 bits per heavy atom. The summed E-state index contributed by atoms with van der Waals surface area (Å²) in [5.74, 6) is -0.493. The molecule has 146 valence electrons. The molecule has 1 fully saturated rings. The Balaban J connectivity index is 2.03. The van der Waals surface area contributed by atoms with Gasteiger partial charge in [0.25, 0.3) is 5.91 Å². The highest BCUT2D eigenvalue weighted by atomic mass is 16.5. The molecule has 5 heteroatoms. The van der Waals surface area contributed by atoms with Crippen molar-refractivity contribution in [3.05, 3.63) is 41.2 Å². The Hall–Kier alpha value is -2.30. The van der Waals surface area contributed by atoms with Gasteiger partial charge in [-0.3, -0.25) is 9.59 Å². The number of aliphatic hydroxyl groups excluding tert-OH is 1. The van der Waals surface area contributed by atoms with Crippen molar-refractivity contribution in [1.29, 1.82) is 0 Å². The lowest BCUT2D eigenvalue weighted by Gasteiger charge is -2.36. The van der Waals surface area contributed by atoms with Crippen LogP contribution in [0, 0.1) is 5.92 Å². The number of aliphatic hydroxyl groups is 1. The van der Waals surface area contributed by atoms with Crippen LogP contribution in [-0.2, 0) is 9.59 Å². The van der Waals surface area contributed by atoms with Crippen LogP contribution in [0.3, 0.4) is 0 Å². The van der Waals surface area contributed by atoms with Gasteiger partial charge in [-0.25, -0.2) is 0 Å². The Morgan fingerprint density at radius 1 is 1.19 bits per heavy atom. The molecule has 1 aromatic carbocycles. The van der Waals surface area contributed by atoms with Gasteiger partial charge in [0.1, 0.15) is 5.75 Å². The molecule has 1 aliphatic carbocycles. The molecule has 5 nitrogen and oxygen atoms in total. The molecule has 2 aliphatic rings. The predicted octanol–water partition coefficient (Wildman–Crippen LogP) is 4.34. The van der Waals surface area contributed by atoms with E-state index in [4.69, 9.17) is 4.74 Å². The fourth-order valence-electron chi connectivity index (χ4n) is 4.16. The van der Waals surface area contributed by atoms with Crippen molar-refractivity contribution in [2.24, 2.45) is 5.92 Å². The molecule has 0 bridgehead atoms. The summed E-state index contributed by atoms with van der Waals surface area (Å²) in [5.41, 5.74) is 1.08. The molecule has 1 saturated carbocycles. The van der Waals surface area contributed by atoms with Crippen LogP contribution in [0.15, 0.2) is 35.6 Å². The second-order valence-electron chi connectivity index (χ2n) is 7.69. The fourth-order valence-corrected chi connectivity index (χ4v) is 4.16. The predicted molar refractivity (Wildman–Crippen MR) is 104 cm³/mol. The quantitative estimate of drug-likeness (QED) is 0.808. The van der Waals surface area contributed by atoms with E-state index in [-0.39, 0.29) is 29.1 Å². The number of carbonyl (C=O) groups is 2. The molecule has 1 N–H and O–H groups in total. The Morgan fingerprint density at radius 2 is 1.81 bits per heavy atom. The summed E-state index contributed by atoms with van der Waals surface area (Å²) in [6.07, 6.45) is 5.13. The number of Topliss-reactive ketones (excluding diaryl/α,β-unsaturated/α-hetero) is 1. The van der Waals surface area contributed by atoms with Crippen molar-refractivity contribution in [2.45, 2.75) is 65.0 Å². The van der Waals surface area contributed by atoms with Crippen molar-refractivity contribution in [3.8, 4) is 5.75 Å². The Bertz CT molecular complexity index is 729. The third kappa shape index (κ3) is 3.73. The first-order valence-corrected chi connectivity index (χ1v) is 9.98. The van der Waals surface area contributed by atoms with Crippen LogP contribution in [-0.4, -0.2) is 34.3 Å². The second-order valence-corrected chi connectivity index (χ2v) is 7.69. The summed E-state index contributed by atoms with van der Waals surface area (Å²) >= 11 is 0. The van der Waals surface area contributed by atoms with Crippen LogP contribution in [0.4, 0.5) is 0 Å². The topological polar surface area (TPSA) is 66.8 Å². The third-order valence-corrected chi connectivity index (χ3v) is 5.51. The second kappa shape index (κ2) is 8.15. The molecular formula is C22H29NO4. The van der Waals surface area contributed by atoms with Gasteiger partial charge in [-0.2, -0.15) is 0 Å². The molecule has 0 aromatic heterocycles. The van der Waals surface area contributed by atoms with Gasteiger partial charge < -0.3 is 14.7 Å². The van der Waals surface area contributed by atoms with Gasteiger partial charge in [-0.05, 0) is 37.5 Å². The number of hydrogen-bond acceptors (Lipinski definition) is 4. The van der Waals surface area contributed by atoms with Gasteiger partial charge in [-0.1, -0.05) is 45.2 Å². The van der Waals surface area contributed by atoms with Crippen molar-refractivity contribution in [3.63, 3.8) is 0 Å². The minimum Gasteiger partial charge on any atom is -0.503 e. The zero-order valence-corrected chi connectivity index (χ0v) is 16.4. The highest BCUT2D eigenvalue weighted by molar-refractivity contribution is 6.09. The van der Waals surface area contributed by atoms with E-state index in [0.29, 0.717) is 6.61 Å². The van der Waals surface area contributed by atoms with Crippen molar-refractivity contribution < 1.29 is 19.4 Å². The fraction of sp³-hybridized carbons (Fsp3) is 0.545. The van der Waals surface area contributed by atoms with E-state index >= 15 is 0 Å². The summed E-state index contributed by atoms with van der Waals surface area (Å²) < 4.78 is 5.51. The number of amides is 1. The number of carbonyl (C=O) groups excluding carboxylic acids is 2. The van der Waals surface area contributed by atoms with Crippen molar-refractivity contribution in [2.75, 3.05) is 6.61 Å². The van der Waals surface area contributed by atoms with Crippen LogP contribution in [0.5, 0.6) is 5.75 Å². The molecule has 0 saturated heterocycles. The van der Waals surface area contributed by atoms with Gasteiger partial charge in [-0.15, -0.1) is 0 Å². The number of ether oxygens (including phenoxy) is 1. The standard InChI is InChI=1S/C22H29NO4/c1-4-27-17-12-10-15(11-13-17)19-18(20(24)14(2)3)21(25)22(26)23(19)16-8-6-5-7-9-16/h10-14,16,19,25H,4-9H2,1-3H3. The zero-order chi connectivity index (χ0) is 19.6. The van der Waals surface area contributed by atoms with E-state index in [1.807, 2.05) is 31.2 Å². The van der Waals surface area contributed by atoms with Crippen molar-refractivity contribution >= 4 is 11.7 Å². The maximum atomic E-state index is 12.9. The van der Waals surface area contributed by atoms with E-state index in [2.05, 4.69) is 0 Å². The van der Waals surface area contributed by atoms with Gasteiger partial charge in [0.2, 0.25) is 0 Å². The zero-order valence-electron chi connectivity index (χ0n) is 16.4. The molecule has 1 atom stereocenters. The lowest BCUT2D eigenvalue weighted by atomic mass is 9.88. The lowest BCUT2D eigenvalue weighted by molar-refractivity contribution is -0.132. The van der Waals surface area contributed by atoms with E-state index in [9.17, 15) is 14.7 Å². The maximum absolute atomic E-state index is 12.9. The molecule has 1 aliphatic heterocycles. The molecule has 1 aromatic rings. The number of ketones is 1. The van der Waals surface area contributed by atoms with Gasteiger partial charge in [0, 0.05) is 12.0 Å². The van der Waals surface area contributed by atoms with E-state index in [1.54, 1.807) is 18.7 Å². The highest BCUT2D eigenvalue weighted by Gasteiger charge is 2.46. The van der Waals surface area contributed by atoms with Crippen LogP contribution in [0.2, 0.25) is 0 Å². The Kier molecular flexibility index (Phi) is 5.88. The summed E-state index contributed by atoms with van der Waals surface area (Å²) in [6.45, 7) is 6.10. The first-order chi connectivity index (χ1) is 13.0. The molecule has 27 heavy (non-hydrogen) atoms. The van der Waals surface area contributed by atoms with Gasteiger partial charge in [0.05, 0.1) is 18.2 Å².